The van der Waals surface area contributed by atoms with Crippen LogP contribution in [0.25, 0.3) is 5.57 Å². The Labute approximate surface area is 168 Å². The van der Waals surface area contributed by atoms with Crippen molar-refractivity contribution in [2.45, 2.75) is 6.42 Å². The van der Waals surface area contributed by atoms with Crippen molar-refractivity contribution >= 4 is 23.0 Å². The second-order valence-corrected chi connectivity index (χ2v) is 6.59. The second-order valence-electron chi connectivity index (χ2n) is 6.59. The molecule has 0 fully saturated rings. The first kappa shape index (κ1) is 18.6. The van der Waals surface area contributed by atoms with E-state index in [0.717, 1.165) is 23.2 Å². The molecule has 6 heteroatoms. The predicted octanol–water partition coefficient (Wildman–Crippen LogP) is 3.55. The zero-order chi connectivity index (χ0) is 20.2. The first-order valence-corrected chi connectivity index (χ1v) is 9.24. The van der Waals surface area contributed by atoms with Gasteiger partial charge in [0, 0.05) is 36.4 Å². The summed E-state index contributed by atoms with van der Waals surface area (Å²) >= 11 is 0. The van der Waals surface area contributed by atoms with Crippen molar-refractivity contribution in [2.24, 2.45) is 0 Å². The molecule has 1 aliphatic rings. The lowest BCUT2D eigenvalue weighted by molar-refractivity contribution is 0.0600. The van der Waals surface area contributed by atoms with Gasteiger partial charge in [-0.3, -0.25) is 4.79 Å². The molecule has 1 aromatic heterocycles. The van der Waals surface area contributed by atoms with E-state index in [1.165, 1.54) is 7.11 Å². The fourth-order valence-corrected chi connectivity index (χ4v) is 3.38. The lowest BCUT2D eigenvalue weighted by Gasteiger charge is -2.17. The van der Waals surface area contributed by atoms with E-state index in [2.05, 4.69) is 9.97 Å². The van der Waals surface area contributed by atoms with E-state index >= 15 is 0 Å². The number of Topliss-reactive ketones (excluding diaryl/α,β-unsaturated/α-hetero) is 1. The molecule has 0 bridgehead atoms. The summed E-state index contributed by atoms with van der Waals surface area (Å²) in [5, 5.41) is 0. The number of fused-ring (bicyclic) bond motifs is 1. The van der Waals surface area contributed by atoms with Gasteiger partial charge in [-0.2, -0.15) is 0 Å². The van der Waals surface area contributed by atoms with Gasteiger partial charge in [-0.1, -0.05) is 30.3 Å². The molecule has 6 nitrogen and oxygen atoms in total. The number of rotatable bonds is 5. The average molecular weight is 385 g/mol. The molecular formula is C23H19N3O3. The van der Waals surface area contributed by atoms with Crippen molar-refractivity contribution in [2.75, 3.05) is 18.6 Å². The Balaban J connectivity index is 1.74. The van der Waals surface area contributed by atoms with Crippen LogP contribution >= 0.6 is 0 Å². The van der Waals surface area contributed by atoms with Gasteiger partial charge in [-0.15, -0.1) is 0 Å². The summed E-state index contributed by atoms with van der Waals surface area (Å²) < 4.78 is 4.80. The third kappa shape index (κ3) is 3.78. The molecule has 3 aromatic rings. The Bertz CT molecular complexity index is 1080. The lowest BCUT2D eigenvalue weighted by atomic mass is 10.0. The third-order valence-corrected chi connectivity index (χ3v) is 4.82. The van der Waals surface area contributed by atoms with Gasteiger partial charge < -0.3 is 9.64 Å². The highest BCUT2D eigenvalue weighted by Gasteiger charge is 2.23. The van der Waals surface area contributed by atoms with Crippen LogP contribution in [0.4, 0.5) is 5.69 Å². The van der Waals surface area contributed by atoms with Crippen molar-refractivity contribution < 1.29 is 14.3 Å². The normalized spacial score (nSPS) is 13.1. The van der Waals surface area contributed by atoms with Gasteiger partial charge in [0.05, 0.1) is 12.7 Å². The summed E-state index contributed by atoms with van der Waals surface area (Å²) in [7, 11) is 1.37. The smallest absolute Gasteiger partial charge is 0.337 e. The van der Waals surface area contributed by atoms with Crippen LogP contribution in [0.5, 0.6) is 0 Å². The van der Waals surface area contributed by atoms with Gasteiger partial charge >= 0.3 is 5.97 Å². The highest BCUT2D eigenvalue weighted by Crippen LogP contribution is 2.31. The lowest BCUT2D eigenvalue weighted by Crippen LogP contribution is -2.16. The number of hydrogen-bond donors (Lipinski definition) is 0. The number of ketones is 1. The topological polar surface area (TPSA) is 72.4 Å². The molecule has 4 rings (SSSR count). The summed E-state index contributed by atoms with van der Waals surface area (Å²) in [5.41, 5.74) is 3.84. The number of ether oxygens (including phenoxy) is 1. The van der Waals surface area contributed by atoms with Crippen LogP contribution in [-0.4, -0.2) is 35.4 Å². The van der Waals surface area contributed by atoms with E-state index in [-0.39, 0.29) is 17.6 Å². The van der Waals surface area contributed by atoms with Crippen LogP contribution in [0.15, 0.2) is 73.2 Å². The largest absolute Gasteiger partial charge is 0.465 e. The van der Waals surface area contributed by atoms with Crippen molar-refractivity contribution in [1.29, 1.82) is 0 Å². The predicted molar refractivity (Wildman–Crippen MR) is 110 cm³/mol. The second kappa shape index (κ2) is 8.06. The zero-order valence-corrected chi connectivity index (χ0v) is 15.9. The molecule has 0 saturated heterocycles. The van der Waals surface area contributed by atoms with E-state index in [1.807, 2.05) is 53.6 Å². The van der Waals surface area contributed by atoms with Gasteiger partial charge in [0.25, 0.3) is 0 Å². The number of benzene rings is 2. The molecule has 1 aliphatic heterocycles. The van der Waals surface area contributed by atoms with E-state index in [0.29, 0.717) is 17.7 Å². The van der Waals surface area contributed by atoms with Crippen LogP contribution in [0, 0.1) is 0 Å². The van der Waals surface area contributed by atoms with E-state index in [9.17, 15) is 9.59 Å². The number of allylic oxidation sites excluding steroid dienone is 1. The summed E-state index contributed by atoms with van der Waals surface area (Å²) in [6.07, 6.45) is 5.73. The van der Waals surface area contributed by atoms with Gasteiger partial charge in [-0.05, 0) is 41.8 Å². The quantitative estimate of drug-likeness (QED) is 0.380. The highest BCUT2D eigenvalue weighted by molar-refractivity contribution is 6.27. The van der Waals surface area contributed by atoms with Gasteiger partial charge in [-0.25, -0.2) is 14.8 Å². The van der Waals surface area contributed by atoms with Crippen LogP contribution < -0.4 is 4.90 Å². The highest BCUT2D eigenvalue weighted by atomic mass is 16.5. The molecule has 0 unspecified atom stereocenters. The minimum absolute atomic E-state index is 0.156. The van der Waals surface area contributed by atoms with Crippen molar-refractivity contribution in [3.05, 3.63) is 95.7 Å². The Morgan fingerprint density at radius 2 is 1.76 bits per heavy atom. The maximum Gasteiger partial charge on any atom is 0.337 e. The summed E-state index contributed by atoms with van der Waals surface area (Å²) in [4.78, 5) is 35.2. The summed E-state index contributed by atoms with van der Waals surface area (Å²) in [6.45, 7) is 0.708. The molecule has 144 valence electrons. The average Bonchev–Trinajstić information content (AvgIpc) is 3.19. The standard InChI is InChI=1S/C23H19N3O3/c1-29-23(28)18-8-9-20-17(14-18)10-13-26(20)15-19(16-6-3-2-4-7-16)21(27)22-24-11-5-12-25-22/h2-9,11-12,14-15H,10,13H2,1H3/b19-15+. The molecule has 0 spiro atoms. The number of anilines is 1. The summed E-state index contributed by atoms with van der Waals surface area (Å²) in [5.74, 6) is -0.442. The van der Waals surface area contributed by atoms with Crippen molar-refractivity contribution in [1.82, 2.24) is 9.97 Å². The molecule has 0 aliphatic carbocycles. The maximum atomic E-state index is 13.1. The summed E-state index contributed by atoms with van der Waals surface area (Å²) in [6, 6.07) is 16.6. The van der Waals surface area contributed by atoms with E-state index in [4.69, 9.17) is 4.74 Å². The maximum absolute atomic E-state index is 13.1. The number of methoxy groups -OCH3 is 1. The Morgan fingerprint density at radius 3 is 2.48 bits per heavy atom. The number of aromatic nitrogens is 2. The Kier molecular flexibility index (Phi) is 5.16. The first-order valence-electron chi connectivity index (χ1n) is 9.24. The van der Waals surface area contributed by atoms with Crippen molar-refractivity contribution in [3.8, 4) is 0 Å². The van der Waals surface area contributed by atoms with Gasteiger partial charge in [0.15, 0.2) is 0 Å². The monoisotopic (exact) mass is 385 g/mol. The molecule has 0 radical (unpaired) electrons. The number of carbonyl (C=O) groups excluding carboxylic acids is 2. The molecular weight excluding hydrogens is 366 g/mol. The number of hydrogen-bond acceptors (Lipinski definition) is 6. The van der Waals surface area contributed by atoms with Crippen LogP contribution in [-0.2, 0) is 11.2 Å². The van der Waals surface area contributed by atoms with Crippen LogP contribution in [0.2, 0.25) is 0 Å². The zero-order valence-electron chi connectivity index (χ0n) is 15.9. The molecule has 2 heterocycles. The Morgan fingerprint density at radius 1 is 1.00 bits per heavy atom. The van der Waals surface area contributed by atoms with Crippen molar-refractivity contribution in [3.63, 3.8) is 0 Å². The minimum atomic E-state index is -0.358. The third-order valence-electron chi connectivity index (χ3n) is 4.82. The molecule has 0 saturated carbocycles. The number of carbonyl (C=O) groups is 2. The molecule has 0 amide bonds. The Hall–Kier alpha value is -3.80. The van der Waals surface area contributed by atoms with E-state index in [1.54, 1.807) is 24.5 Å². The van der Waals surface area contributed by atoms with E-state index < -0.39 is 0 Å². The van der Waals surface area contributed by atoms with Gasteiger partial charge in [0.1, 0.15) is 0 Å². The first-order chi connectivity index (χ1) is 14.2. The number of esters is 1. The fourth-order valence-electron chi connectivity index (χ4n) is 3.38. The fraction of sp³-hybridized carbons (Fsp3) is 0.130. The molecule has 2 aromatic carbocycles. The van der Waals surface area contributed by atoms with Crippen LogP contribution in [0.1, 0.15) is 32.1 Å². The molecule has 0 atom stereocenters. The molecule has 29 heavy (non-hydrogen) atoms. The van der Waals surface area contributed by atoms with Crippen LogP contribution in [0.3, 0.4) is 0 Å². The molecule has 0 N–H and O–H groups in total. The number of nitrogens with zero attached hydrogens (tertiary/aromatic N) is 3. The van der Waals surface area contributed by atoms with Gasteiger partial charge in [0.2, 0.25) is 11.6 Å². The minimum Gasteiger partial charge on any atom is -0.465 e. The SMILES string of the molecule is COC(=O)c1ccc2c(c1)CCN2/C=C(/C(=O)c1ncccn1)c1ccccc1.